The van der Waals surface area contributed by atoms with Gasteiger partial charge in [0.15, 0.2) is 0 Å². The number of allylic oxidation sites excluding steroid dienone is 2. The minimum absolute atomic E-state index is 1.11. The van der Waals surface area contributed by atoms with Gasteiger partial charge in [0.1, 0.15) is 0 Å². The molecule has 1 nitrogen and oxygen atoms in total. The standard InChI is InChI=1S/C10H19N/c1-3-5-7-9-11-10-8-6-4-2/h3-4,11H,1-2,5-10H2. The molecule has 64 valence electrons. The molecule has 0 heterocycles. The van der Waals surface area contributed by atoms with Crippen LogP contribution in [0.4, 0.5) is 0 Å². The number of hydrogen-bond acceptors (Lipinski definition) is 1. The largest absolute Gasteiger partial charge is 0.317 e. The molecular weight excluding hydrogens is 134 g/mol. The van der Waals surface area contributed by atoms with Crippen molar-refractivity contribution >= 4 is 0 Å². The summed E-state index contributed by atoms with van der Waals surface area (Å²) in [6.07, 6.45) is 8.58. The van der Waals surface area contributed by atoms with Crippen LogP contribution in [0.5, 0.6) is 0 Å². The highest BCUT2D eigenvalue weighted by atomic mass is 14.8. The van der Waals surface area contributed by atoms with Crippen LogP contribution in [0.15, 0.2) is 25.3 Å². The molecule has 0 radical (unpaired) electrons. The lowest BCUT2D eigenvalue weighted by atomic mass is 10.3. The summed E-state index contributed by atoms with van der Waals surface area (Å²) in [6, 6.07) is 0. The second-order valence-electron chi connectivity index (χ2n) is 2.61. The molecule has 0 aromatic carbocycles. The molecule has 0 rings (SSSR count). The molecule has 0 saturated heterocycles. The summed E-state index contributed by atoms with van der Waals surface area (Å²) in [4.78, 5) is 0. The second kappa shape index (κ2) is 9.44. The number of nitrogens with one attached hydrogen (secondary N) is 1. The van der Waals surface area contributed by atoms with E-state index in [0.717, 1.165) is 25.9 Å². The molecule has 0 aliphatic heterocycles. The Labute approximate surface area is 70.2 Å². The van der Waals surface area contributed by atoms with Crippen LogP contribution in [0, 0.1) is 0 Å². The van der Waals surface area contributed by atoms with E-state index in [2.05, 4.69) is 18.5 Å². The molecule has 11 heavy (non-hydrogen) atoms. The summed E-state index contributed by atoms with van der Waals surface area (Å²) >= 11 is 0. The lowest BCUT2D eigenvalue weighted by Gasteiger charge is -2.00. The van der Waals surface area contributed by atoms with Crippen molar-refractivity contribution in [1.29, 1.82) is 0 Å². The van der Waals surface area contributed by atoms with E-state index in [-0.39, 0.29) is 0 Å². The van der Waals surface area contributed by atoms with Gasteiger partial charge in [0.05, 0.1) is 0 Å². The van der Waals surface area contributed by atoms with Crippen molar-refractivity contribution in [2.45, 2.75) is 25.7 Å². The normalized spacial score (nSPS) is 9.45. The van der Waals surface area contributed by atoms with Crippen LogP contribution in [0.1, 0.15) is 25.7 Å². The highest BCUT2D eigenvalue weighted by molar-refractivity contribution is 4.68. The highest BCUT2D eigenvalue weighted by Crippen LogP contribution is 1.88. The maximum Gasteiger partial charge on any atom is -0.00460 e. The highest BCUT2D eigenvalue weighted by Gasteiger charge is 1.85. The zero-order valence-corrected chi connectivity index (χ0v) is 7.31. The Balaban J connectivity index is 2.79. The van der Waals surface area contributed by atoms with Gasteiger partial charge in [-0.3, -0.25) is 0 Å². The minimum Gasteiger partial charge on any atom is -0.317 e. The van der Waals surface area contributed by atoms with Gasteiger partial charge in [-0.05, 0) is 38.8 Å². The van der Waals surface area contributed by atoms with E-state index < -0.39 is 0 Å². The predicted molar refractivity (Wildman–Crippen MR) is 51.7 cm³/mol. The first-order chi connectivity index (χ1) is 5.41. The van der Waals surface area contributed by atoms with Gasteiger partial charge in [-0.25, -0.2) is 0 Å². The van der Waals surface area contributed by atoms with Gasteiger partial charge in [-0.2, -0.15) is 0 Å². The SMILES string of the molecule is C=CCCCNCCCC=C. The second-order valence-corrected chi connectivity index (χ2v) is 2.61. The van der Waals surface area contributed by atoms with Crippen LogP contribution in [0.3, 0.4) is 0 Å². The average molecular weight is 153 g/mol. The van der Waals surface area contributed by atoms with E-state index >= 15 is 0 Å². The van der Waals surface area contributed by atoms with Gasteiger partial charge < -0.3 is 5.32 Å². The van der Waals surface area contributed by atoms with Crippen LogP contribution in [0.25, 0.3) is 0 Å². The maximum atomic E-state index is 3.67. The molecule has 0 unspecified atom stereocenters. The quantitative estimate of drug-likeness (QED) is 0.417. The van der Waals surface area contributed by atoms with Crippen LogP contribution in [-0.4, -0.2) is 13.1 Å². The molecule has 0 spiro atoms. The minimum atomic E-state index is 1.11. The van der Waals surface area contributed by atoms with Crippen molar-refractivity contribution < 1.29 is 0 Å². The molecule has 0 bridgehead atoms. The summed E-state index contributed by atoms with van der Waals surface area (Å²) in [7, 11) is 0. The Bertz CT molecular complexity index is 85.0. The van der Waals surface area contributed by atoms with Crippen molar-refractivity contribution in [2.24, 2.45) is 0 Å². The average Bonchev–Trinajstić information content (AvgIpc) is 2.03. The van der Waals surface area contributed by atoms with E-state index in [1.807, 2.05) is 12.2 Å². The molecule has 0 aliphatic rings. The van der Waals surface area contributed by atoms with E-state index in [0.29, 0.717) is 0 Å². The molecule has 0 aromatic heterocycles. The molecule has 0 saturated carbocycles. The first-order valence-corrected chi connectivity index (χ1v) is 4.34. The van der Waals surface area contributed by atoms with Crippen molar-refractivity contribution in [1.82, 2.24) is 5.32 Å². The molecule has 0 amide bonds. The van der Waals surface area contributed by atoms with Crippen LogP contribution >= 0.6 is 0 Å². The monoisotopic (exact) mass is 153 g/mol. The van der Waals surface area contributed by atoms with Crippen molar-refractivity contribution in [3.8, 4) is 0 Å². The number of rotatable bonds is 8. The fourth-order valence-corrected chi connectivity index (χ4v) is 0.868. The lowest BCUT2D eigenvalue weighted by Crippen LogP contribution is -2.16. The molecule has 0 atom stereocenters. The summed E-state index contributed by atoms with van der Waals surface area (Å²) in [5.41, 5.74) is 0. The number of unbranched alkanes of at least 4 members (excludes halogenated alkanes) is 2. The lowest BCUT2D eigenvalue weighted by molar-refractivity contribution is 0.631. The zero-order valence-electron chi connectivity index (χ0n) is 7.31. The fourth-order valence-electron chi connectivity index (χ4n) is 0.868. The third kappa shape index (κ3) is 9.44. The summed E-state index contributed by atoms with van der Waals surface area (Å²) in [6.45, 7) is 9.56. The van der Waals surface area contributed by atoms with E-state index in [1.54, 1.807) is 0 Å². The summed E-state index contributed by atoms with van der Waals surface area (Å²) in [5, 5.41) is 3.36. The first-order valence-electron chi connectivity index (χ1n) is 4.34. The van der Waals surface area contributed by atoms with Crippen molar-refractivity contribution in [2.75, 3.05) is 13.1 Å². The van der Waals surface area contributed by atoms with Crippen LogP contribution in [0.2, 0.25) is 0 Å². The predicted octanol–water partition coefficient (Wildman–Crippen LogP) is 2.51. The molecule has 1 N–H and O–H groups in total. The zero-order chi connectivity index (χ0) is 8.36. The molecule has 0 aliphatic carbocycles. The van der Waals surface area contributed by atoms with Gasteiger partial charge in [-0.15, -0.1) is 13.2 Å². The molecule has 1 heteroatoms. The van der Waals surface area contributed by atoms with Gasteiger partial charge in [0.2, 0.25) is 0 Å². The Morgan fingerprint density at radius 3 is 1.73 bits per heavy atom. The van der Waals surface area contributed by atoms with E-state index in [4.69, 9.17) is 0 Å². The summed E-state index contributed by atoms with van der Waals surface area (Å²) in [5.74, 6) is 0. The molecule has 0 aromatic rings. The molecule has 0 fully saturated rings. The third-order valence-electron chi connectivity index (χ3n) is 1.52. The van der Waals surface area contributed by atoms with Gasteiger partial charge in [0, 0.05) is 0 Å². The smallest absolute Gasteiger partial charge is 0.00460 e. The van der Waals surface area contributed by atoms with Crippen LogP contribution in [-0.2, 0) is 0 Å². The van der Waals surface area contributed by atoms with Gasteiger partial charge in [0.25, 0.3) is 0 Å². The maximum absolute atomic E-state index is 3.67. The Morgan fingerprint density at radius 1 is 0.909 bits per heavy atom. The van der Waals surface area contributed by atoms with Gasteiger partial charge >= 0.3 is 0 Å². The molecular formula is C10H19N. The van der Waals surface area contributed by atoms with Crippen molar-refractivity contribution in [3.05, 3.63) is 25.3 Å². The topological polar surface area (TPSA) is 12.0 Å². The van der Waals surface area contributed by atoms with E-state index in [1.165, 1.54) is 12.8 Å². The fraction of sp³-hybridized carbons (Fsp3) is 0.600. The number of hydrogen-bond donors (Lipinski definition) is 1. The van der Waals surface area contributed by atoms with Crippen LogP contribution < -0.4 is 5.32 Å². The van der Waals surface area contributed by atoms with Crippen molar-refractivity contribution in [3.63, 3.8) is 0 Å². The first kappa shape index (κ1) is 10.4. The summed E-state index contributed by atoms with van der Waals surface area (Å²) < 4.78 is 0. The Hall–Kier alpha value is -0.560. The third-order valence-corrected chi connectivity index (χ3v) is 1.52. The van der Waals surface area contributed by atoms with E-state index in [9.17, 15) is 0 Å². The Kier molecular flexibility index (Phi) is 8.96. The van der Waals surface area contributed by atoms with Gasteiger partial charge in [-0.1, -0.05) is 12.2 Å². The Morgan fingerprint density at radius 2 is 1.36 bits per heavy atom.